The van der Waals surface area contributed by atoms with E-state index in [9.17, 15) is 0 Å². The maximum atomic E-state index is 5.03. The molecule has 0 radical (unpaired) electrons. The minimum absolute atomic E-state index is 1.09. The molecule has 0 heterocycles. The summed E-state index contributed by atoms with van der Waals surface area (Å²) in [7, 11) is 0. The third-order valence-corrected chi connectivity index (χ3v) is 14.0. The maximum absolute atomic E-state index is 5.03. The molecule has 2 nitrogen and oxygen atoms in total. The van der Waals surface area contributed by atoms with Gasteiger partial charge in [-0.25, -0.2) is 0 Å². The van der Waals surface area contributed by atoms with Gasteiger partial charge in [0.05, 0.1) is 0 Å². The van der Waals surface area contributed by atoms with Gasteiger partial charge >= 0.3 is 176 Å². The Morgan fingerprint density at radius 1 is 0.607 bits per heavy atom. The Morgan fingerprint density at radius 2 is 1.00 bits per heavy atom. The van der Waals surface area contributed by atoms with Crippen molar-refractivity contribution >= 4 is 42.6 Å². The van der Waals surface area contributed by atoms with Gasteiger partial charge in [-0.05, 0) is 0 Å². The molecule has 0 unspecified atom stereocenters. The Morgan fingerprint density at radius 3 is 1.39 bits per heavy atom. The van der Waals surface area contributed by atoms with Gasteiger partial charge in [0, 0.05) is 0 Å². The predicted octanol–water partition coefficient (Wildman–Crippen LogP) is 5.65. The SMILES string of the molecule is BrP(NN=C1CCCCC1)(c1ccccc1)(c1ccccc1)c1ccccc1. The molecule has 1 aliphatic rings. The molecule has 4 rings (SSSR count). The number of nitrogens with zero attached hydrogens (tertiary/aromatic N) is 1. The first-order valence-corrected chi connectivity index (χ1v) is 14.2. The number of benzene rings is 3. The van der Waals surface area contributed by atoms with Crippen LogP contribution in [0.1, 0.15) is 32.1 Å². The van der Waals surface area contributed by atoms with Crippen molar-refractivity contribution in [2.45, 2.75) is 32.1 Å². The summed E-state index contributed by atoms with van der Waals surface area (Å²) in [6.45, 7) is 0. The fraction of sp³-hybridized carbons (Fsp3) is 0.208. The molecule has 4 heteroatoms. The second kappa shape index (κ2) is 8.19. The van der Waals surface area contributed by atoms with Crippen LogP contribution in [0.3, 0.4) is 0 Å². The topological polar surface area (TPSA) is 24.4 Å². The Balaban J connectivity index is 1.97. The fourth-order valence-electron chi connectivity index (χ4n) is 3.98. The molecule has 1 N–H and O–H groups in total. The van der Waals surface area contributed by atoms with Crippen molar-refractivity contribution in [3.8, 4) is 0 Å². The molecule has 3 aromatic rings. The van der Waals surface area contributed by atoms with Crippen LogP contribution in [0.5, 0.6) is 0 Å². The molecule has 0 aliphatic heterocycles. The van der Waals surface area contributed by atoms with Crippen molar-refractivity contribution < 1.29 is 0 Å². The van der Waals surface area contributed by atoms with Crippen molar-refractivity contribution in [1.82, 2.24) is 5.20 Å². The summed E-state index contributed by atoms with van der Waals surface area (Å²) >= 11 is 4.36. The third kappa shape index (κ3) is 3.43. The van der Waals surface area contributed by atoms with Crippen molar-refractivity contribution in [2.75, 3.05) is 0 Å². The van der Waals surface area contributed by atoms with Crippen LogP contribution in [-0.4, -0.2) is 5.71 Å². The molecule has 1 aliphatic carbocycles. The Hall–Kier alpha value is -1.96. The zero-order valence-corrected chi connectivity index (χ0v) is 18.4. The fourth-order valence-corrected chi connectivity index (χ4v) is 10.1. The van der Waals surface area contributed by atoms with E-state index in [1.807, 2.05) is 0 Å². The predicted molar refractivity (Wildman–Crippen MR) is 128 cm³/mol. The van der Waals surface area contributed by atoms with E-state index in [1.54, 1.807) is 0 Å². The van der Waals surface area contributed by atoms with Gasteiger partial charge in [0.15, 0.2) is 0 Å². The van der Waals surface area contributed by atoms with E-state index in [2.05, 4.69) is 112 Å². The van der Waals surface area contributed by atoms with E-state index in [0.717, 1.165) is 12.8 Å². The number of nitrogens with one attached hydrogen (secondary N) is 1. The number of rotatable bonds is 5. The average molecular weight is 453 g/mol. The van der Waals surface area contributed by atoms with Crippen LogP contribution in [0.2, 0.25) is 0 Å². The van der Waals surface area contributed by atoms with Gasteiger partial charge in [0.2, 0.25) is 0 Å². The Kier molecular flexibility index (Phi) is 5.66. The first kappa shape index (κ1) is 19.4. The van der Waals surface area contributed by atoms with E-state index in [0.29, 0.717) is 0 Å². The molecular formula is C24H26BrN2P. The van der Waals surface area contributed by atoms with Crippen molar-refractivity contribution in [1.29, 1.82) is 0 Å². The molecule has 3 aromatic carbocycles. The monoisotopic (exact) mass is 452 g/mol. The molecule has 28 heavy (non-hydrogen) atoms. The second-order valence-electron chi connectivity index (χ2n) is 7.35. The van der Waals surface area contributed by atoms with Crippen LogP contribution in [0.15, 0.2) is 96.1 Å². The summed E-state index contributed by atoms with van der Waals surface area (Å²) in [6.07, 6.45) is 5.96. The zero-order chi connectivity index (χ0) is 19.3. The molecule has 1 saturated carbocycles. The third-order valence-electron chi connectivity index (χ3n) is 5.55. The minimum atomic E-state index is -3.15. The van der Waals surface area contributed by atoms with Gasteiger partial charge in [-0.2, -0.15) is 0 Å². The molecular weight excluding hydrogens is 427 g/mol. The van der Waals surface area contributed by atoms with Gasteiger partial charge in [0.25, 0.3) is 0 Å². The quantitative estimate of drug-likeness (QED) is 0.392. The number of hydrogen-bond acceptors (Lipinski definition) is 2. The molecule has 0 spiro atoms. The Labute approximate surface area is 175 Å². The van der Waals surface area contributed by atoms with E-state index in [4.69, 9.17) is 5.10 Å². The summed E-state index contributed by atoms with van der Waals surface area (Å²) in [5, 5.41) is 12.5. The average Bonchev–Trinajstić information content (AvgIpc) is 2.80. The van der Waals surface area contributed by atoms with Crippen LogP contribution in [0, 0.1) is 0 Å². The van der Waals surface area contributed by atoms with Gasteiger partial charge in [-0.3, -0.25) is 0 Å². The number of hydrazone groups is 1. The summed E-state index contributed by atoms with van der Waals surface area (Å²) in [5.74, 6) is 0. The van der Waals surface area contributed by atoms with Gasteiger partial charge in [0.1, 0.15) is 0 Å². The van der Waals surface area contributed by atoms with Crippen LogP contribution < -0.4 is 21.1 Å². The van der Waals surface area contributed by atoms with Crippen molar-refractivity contribution in [3.63, 3.8) is 0 Å². The van der Waals surface area contributed by atoms with Crippen molar-refractivity contribution in [3.05, 3.63) is 91.0 Å². The molecule has 1 fully saturated rings. The summed E-state index contributed by atoms with van der Waals surface area (Å²) in [6, 6.07) is 32.1. The summed E-state index contributed by atoms with van der Waals surface area (Å²) in [4.78, 5) is 0. The van der Waals surface area contributed by atoms with Gasteiger partial charge in [-0.15, -0.1) is 0 Å². The summed E-state index contributed by atoms with van der Waals surface area (Å²) in [5.41, 5.74) is -1.87. The van der Waals surface area contributed by atoms with Crippen LogP contribution in [0.25, 0.3) is 0 Å². The zero-order valence-electron chi connectivity index (χ0n) is 16.0. The summed E-state index contributed by atoms with van der Waals surface area (Å²) < 4.78 is 0. The molecule has 0 saturated heterocycles. The molecule has 0 aromatic heterocycles. The van der Waals surface area contributed by atoms with Crippen LogP contribution >= 0.6 is 20.9 Å². The van der Waals surface area contributed by atoms with E-state index >= 15 is 0 Å². The number of halogens is 1. The number of hydrogen-bond donors (Lipinski definition) is 1. The Bertz CT molecular complexity index is 835. The molecule has 0 amide bonds. The first-order chi connectivity index (χ1) is 13.7. The molecule has 0 bridgehead atoms. The van der Waals surface area contributed by atoms with Crippen molar-refractivity contribution in [2.24, 2.45) is 5.10 Å². The standard InChI is InChI=1S/C24H26BrN2P/c25-28(22-15-7-2-8-16-22,23-17-9-3-10-18-23,24-19-11-4-12-20-24)27-26-21-13-5-1-6-14-21/h2-4,7-12,15-20,27H,1,5-6,13-14H2. The second-order valence-corrected chi connectivity index (χ2v) is 15.4. The van der Waals surface area contributed by atoms with E-state index < -0.39 is 5.46 Å². The first-order valence-electron chi connectivity index (χ1n) is 9.95. The molecule has 0 atom stereocenters. The van der Waals surface area contributed by atoms with Gasteiger partial charge < -0.3 is 0 Å². The van der Waals surface area contributed by atoms with Gasteiger partial charge in [-0.1, -0.05) is 0 Å². The van der Waals surface area contributed by atoms with Crippen LogP contribution in [0.4, 0.5) is 0 Å². The molecule has 144 valence electrons. The van der Waals surface area contributed by atoms with E-state index in [-0.39, 0.29) is 0 Å². The van der Waals surface area contributed by atoms with E-state index in [1.165, 1.54) is 40.9 Å². The van der Waals surface area contributed by atoms with Crippen LogP contribution in [-0.2, 0) is 0 Å². The normalized spacial score (nSPS) is 16.0.